The van der Waals surface area contributed by atoms with Gasteiger partial charge in [0.1, 0.15) is 11.9 Å². The van der Waals surface area contributed by atoms with Crippen molar-refractivity contribution in [2.75, 3.05) is 18.4 Å². The number of aromatic nitrogens is 2. The largest absolute Gasteiger partial charge is 0.486 e. The number of anilines is 1. The van der Waals surface area contributed by atoms with Crippen molar-refractivity contribution in [2.45, 2.75) is 13.0 Å². The van der Waals surface area contributed by atoms with Crippen LogP contribution in [0.25, 0.3) is 22.8 Å². The first kappa shape index (κ1) is 19.8. The van der Waals surface area contributed by atoms with Gasteiger partial charge in [-0.05, 0) is 36.8 Å². The molecule has 1 N–H and O–H groups in total. The third-order valence-corrected chi connectivity index (χ3v) is 5.27. The summed E-state index contributed by atoms with van der Waals surface area (Å²) >= 11 is 0. The summed E-state index contributed by atoms with van der Waals surface area (Å²) in [5.74, 6) is 1.57. The van der Waals surface area contributed by atoms with Crippen LogP contribution < -0.4 is 10.1 Å². The van der Waals surface area contributed by atoms with Crippen molar-refractivity contribution >= 4 is 11.7 Å². The van der Waals surface area contributed by atoms with Crippen LogP contribution >= 0.6 is 0 Å². The summed E-state index contributed by atoms with van der Waals surface area (Å²) in [6.45, 7) is 3.00. The molecule has 7 heteroatoms. The minimum atomic E-state index is -0.131. The maximum absolute atomic E-state index is 12.5. The number of para-hydroxylation sites is 1. The molecule has 2 heterocycles. The number of hydrogen-bond acceptors (Lipinski definition) is 5. The lowest BCUT2D eigenvalue weighted by atomic mass is 10.1. The van der Waals surface area contributed by atoms with Crippen LogP contribution in [-0.4, -0.2) is 40.3 Å². The van der Waals surface area contributed by atoms with E-state index in [-0.39, 0.29) is 12.1 Å². The van der Waals surface area contributed by atoms with Gasteiger partial charge in [-0.1, -0.05) is 59.8 Å². The van der Waals surface area contributed by atoms with Crippen LogP contribution in [0.4, 0.5) is 10.5 Å². The van der Waals surface area contributed by atoms with Gasteiger partial charge >= 0.3 is 6.03 Å². The molecule has 1 aromatic heterocycles. The number of benzene rings is 3. The summed E-state index contributed by atoms with van der Waals surface area (Å²) in [6.07, 6.45) is -0.101. The molecule has 0 unspecified atom stereocenters. The lowest BCUT2D eigenvalue weighted by Gasteiger charge is -2.39. The van der Waals surface area contributed by atoms with E-state index in [0.29, 0.717) is 30.6 Å². The summed E-state index contributed by atoms with van der Waals surface area (Å²) in [6, 6.07) is 24.8. The van der Waals surface area contributed by atoms with E-state index in [0.717, 1.165) is 22.4 Å². The van der Waals surface area contributed by atoms with E-state index in [4.69, 9.17) is 9.26 Å². The Morgan fingerprint density at radius 1 is 1.03 bits per heavy atom. The van der Waals surface area contributed by atoms with Gasteiger partial charge in [0.25, 0.3) is 5.89 Å². The van der Waals surface area contributed by atoms with Crippen molar-refractivity contribution in [2.24, 2.45) is 0 Å². The minimum absolute atomic E-state index is 0.101. The van der Waals surface area contributed by atoms with E-state index in [1.165, 1.54) is 0 Å². The molecule has 1 fully saturated rings. The Bertz CT molecular complexity index is 1230. The quantitative estimate of drug-likeness (QED) is 0.485. The summed E-state index contributed by atoms with van der Waals surface area (Å²) in [7, 11) is 0. The average Bonchev–Trinajstić information content (AvgIpc) is 3.27. The minimum Gasteiger partial charge on any atom is -0.486 e. The molecule has 0 atom stereocenters. The standard InChI is InChI=1S/C25H22N4O3/c1-17-8-7-11-19(14-17)26-25(30)29-15-20(16-29)31-22-13-6-5-12-21(22)24-27-23(28-32-24)18-9-3-2-4-10-18/h2-14,20H,15-16H2,1H3,(H,26,30). The van der Waals surface area contributed by atoms with Gasteiger partial charge in [0.15, 0.2) is 0 Å². The van der Waals surface area contributed by atoms with Gasteiger partial charge < -0.3 is 19.5 Å². The van der Waals surface area contributed by atoms with Crippen LogP contribution in [0.5, 0.6) is 5.75 Å². The van der Waals surface area contributed by atoms with Gasteiger partial charge in [-0.3, -0.25) is 0 Å². The smallest absolute Gasteiger partial charge is 0.322 e. The molecule has 3 aromatic carbocycles. The van der Waals surface area contributed by atoms with Crippen LogP contribution in [0, 0.1) is 6.92 Å². The number of likely N-dealkylation sites (tertiary alicyclic amines) is 1. The van der Waals surface area contributed by atoms with Crippen molar-refractivity contribution in [1.29, 1.82) is 0 Å². The molecule has 1 aliphatic heterocycles. The molecule has 1 aliphatic rings. The lowest BCUT2D eigenvalue weighted by Crippen LogP contribution is -2.57. The molecule has 5 rings (SSSR count). The number of urea groups is 1. The molecule has 0 bridgehead atoms. The van der Waals surface area contributed by atoms with Gasteiger partial charge in [0.2, 0.25) is 5.82 Å². The van der Waals surface area contributed by atoms with Gasteiger partial charge in [-0.25, -0.2) is 4.79 Å². The molecule has 2 amide bonds. The molecule has 32 heavy (non-hydrogen) atoms. The van der Waals surface area contributed by atoms with Crippen molar-refractivity contribution in [3.05, 3.63) is 84.4 Å². The highest BCUT2D eigenvalue weighted by Gasteiger charge is 2.33. The number of aryl methyl sites for hydroxylation is 1. The zero-order valence-corrected chi connectivity index (χ0v) is 17.6. The topological polar surface area (TPSA) is 80.5 Å². The van der Waals surface area contributed by atoms with E-state index in [2.05, 4.69) is 15.5 Å². The maximum atomic E-state index is 12.5. The van der Waals surface area contributed by atoms with E-state index in [1.807, 2.05) is 85.8 Å². The fourth-order valence-electron chi connectivity index (χ4n) is 3.57. The Morgan fingerprint density at radius 3 is 2.62 bits per heavy atom. The van der Waals surface area contributed by atoms with E-state index in [1.54, 1.807) is 4.90 Å². The highest BCUT2D eigenvalue weighted by Crippen LogP contribution is 2.32. The number of carbonyl (C=O) groups is 1. The monoisotopic (exact) mass is 426 g/mol. The zero-order chi connectivity index (χ0) is 21.9. The maximum Gasteiger partial charge on any atom is 0.322 e. The van der Waals surface area contributed by atoms with Crippen molar-refractivity contribution < 1.29 is 14.1 Å². The van der Waals surface area contributed by atoms with Gasteiger partial charge in [-0.2, -0.15) is 4.98 Å². The Balaban J connectivity index is 1.23. The first-order valence-electron chi connectivity index (χ1n) is 10.4. The molecule has 1 saturated heterocycles. The number of ether oxygens (including phenoxy) is 1. The number of hydrogen-bond donors (Lipinski definition) is 1. The normalized spacial score (nSPS) is 13.5. The molecule has 7 nitrogen and oxygen atoms in total. The second-order valence-corrected chi connectivity index (χ2v) is 7.73. The molecule has 0 saturated carbocycles. The Labute approximate surface area is 185 Å². The first-order chi connectivity index (χ1) is 15.7. The number of carbonyl (C=O) groups excluding carboxylic acids is 1. The third kappa shape index (κ3) is 4.18. The highest BCUT2D eigenvalue weighted by atomic mass is 16.5. The first-order valence-corrected chi connectivity index (χ1v) is 10.4. The second kappa shape index (κ2) is 8.55. The van der Waals surface area contributed by atoms with Crippen LogP contribution in [0.1, 0.15) is 5.56 Å². The van der Waals surface area contributed by atoms with Crippen molar-refractivity contribution in [1.82, 2.24) is 15.0 Å². The molecule has 160 valence electrons. The van der Waals surface area contributed by atoms with E-state index in [9.17, 15) is 4.79 Å². The van der Waals surface area contributed by atoms with Gasteiger partial charge in [0, 0.05) is 11.3 Å². The second-order valence-electron chi connectivity index (χ2n) is 7.73. The average molecular weight is 426 g/mol. The summed E-state index contributed by atoms with van der Waals surface area (Å²) in [4.78, 5) is 18.7. The lowest BCUT2D eigenvalue weighted by molar-refractivity contribution is 0.0496. The highest BCUT2D eigenvalue weighted by molar-refractivity contribution is 5.90. The fourth-order valence-corrected chi connectivity index (χ4v) is 3.57. The molecule has 0 spiro atoms. The number of nitrogens with one attached hydrogen (secondary N) is 1. The fraction of sp³-hybridized carbons (Fsp3) is 0.160. The molecule has 4 aromatic rings. The molecule has 0 aliphatic carbocycles. The molecule has 0 radical (unpaired) electrons. The summed E-state index contributed by atoms with van der Waals surface area (Å²) in [5.41, 5.74) is 3.50. The summed E-state index contributed by atoms with van der Waals surface area (Å²) in [5, 5.41) is 7.02. The van der Waals surface area contributed by atoms with Crippen LogP contribution in [0.15, 0.2) is 83.4 Å². The molecular formula is C25H22N4O3. The zero-order valence-electron chi connectivity index (χ0n) is 17.6. The van der Waals surface area contributed by atoms with Crippen molar-refractivity contribution in [3.8, 4) is 28.6 Å². The Morgan fingerprint density at radius 2 is 1.81 bits per heavy atom. The number of amides is 2. The Kier molecular flexibility index (Phi) is 5.29. The third-order valence-electron chi connectivity index (χ3n) is 5.27. The van der Waals surface area contributed by atoms with Crippen LogP contribution in [0.2, 0.25) is 0 Å². The number of rotatable bonds is 5. The van der Waals surface area contributed by atoms with Crippen LogP contribution in [0.3, 0.4) is 0 Å². The number of nitrogens with zero attached hydrogens (tertiary/aromatic N) is 3. The Hall–Kier alpha value is -4.13. The summed E-state index contributed by atoms with van der Waals surface area (Å²) < 4.78 is 11.6. The van der Waals surface area contributed by atoms with Gasteiger partial charge in [-0.15, -0.1) is 0 Å². The van der Waals surface area contributed by atoms with E-state index < -0.39 is 0 Å². The van der Waals surface area contributed by atoms with Crippen LogP contribution in [-0.2, 0) is 0 Å². The van der Waals surface area contributed by atoms with Crippen molar-refractivity contribution in [3.63, 3.8) is 0 Å². The SMILES string of the molecule is Cc1cccc(NC(=O)N2CC(Oc3ccccc3-c3nc(-c4ccccc4)no3)C2)c1. The van der Waals surface area contributed by atoms with Gasteiger partial charge in [0.05, 0.1) is 18.7 Å². The predicted octanol–water partition coefficient (Wildman–Crippen LogP) is 5.01. The molecular weight excluding hydrogens is 404 g/mol. The predicted molar refractivity (Wildman–Crippen MR) is 121 cm³/mol. The van der Waals surface area contributed by atoms with E-state index >= 15 is 0 Å².